The Bertz CT molecular complexity index is 450. The summed E-state index contributed by atoms with van der Waals surface area (Å²) in [6.45, 7) is 13.1. The van der Waals surface area contributed by atoms with Gasteiger partial charge in [0.05, 0.1) is 13.1 Å². The normalized spacial score (nSPS) is 9.44. The number of nitrogens with one attached hydrogen (secondary N) is 4. The first kappa shape index (κ1) is 23.5. The number of guanidine groups is 2. The molecule has 1 rings (SSSR count). The maximum atomic E-state index is 4.57. The van der Waals surface area contributed by atoms with Gasteiger partial charge in [-0.3, -0.25) is 0 Å². The molecule has 6 nitrogen and oxygen atoms in total. The Hall–Kier alpha value is -1.51. The fraction of sp³-hybridized carbons (Fsp3) is 0.556. The molecule has 0 saturated carbocycles. The van der Waals surface area contributed by atoms with E-state index in [0.29, 0.717) is 13.1 Å². The van der Waals surface area contributed by atoms with E-state index in [1.807, 2.05) is 0 Å². The van der Waals surface area contributed by atoms with Gasteiger partial charge in [-0.05, 0) is 38.8 Å². The third kappa shape index (κ3) is 10.2. The van der Waals surface area contributed by atoms with Crippen molar-refractivity contribution in [1.29, 1.82) is 0 Å². The molecule has 7 heteroatoms. The lowest BCUT2D eigenvalue weighted by molar-refractivity contribution is 0.837. The summed E-state index contributed by atoms with van der Waals surface area (Å²) in [5.41, 5.74) is 2.38. The molecular formula is C18H33IN6. The largest absolute Gasteiger partial charge is 0.357 e. The van der Waals surface area contributed by atoms with Crippen molar-refractivity contribution in [3.63, 3.8) is 0 Å². The first-order valence-electron chi connectivity index (χ1n) is 8.85. The molecule has 1 aromatic carbocycles. The van der Waals surface area contributed by atoms with Crippen LogP contribution in [0.4, 0.5) is 0 Å². The van der Waals surface area contributed by atoms with Gasteiger partial charge in [0.25, 0.3) is 0 Å². The van der Waals surface area contributed by atoms with E-state index < -0.39 is 0 Å². The molecule has 0 saturated heterocycles. The molecule has 0 aliphatic rings. The van der Waals surface area contributed by atoms with Crippen LogP contribution in [0.1, 0.15) is 38.8 Å². The van der Waals surface area contributed by atoms with Crippen molar-refractivity contribution < 1.29 is 0 Å². The summed E-state index contributed by atoms with van der Waals surface area (Å²) in [5.74, 6) is 1.71. The van der Waals surface area contributed by atoms with Crippen LogP contribution in [-0.4, -0.2) is 38.1 Å². The van der Waals surface area contributed by atoms with Gasteiger partial charge < -0.3 is 21.3 Å². The van der Waals surface area contributed by atoms with Crippen molar-refractivity contribution in [3.8, 4) is 0 Å². The fourth-order valence-corrected chi connectivity index (χ4v) is 2.11. The van der Waals surface area contributed by atoms with Gasteiger partial charge in [0.2, 0.25) is 0 Å². The Morgan fingerprint density at radius 2 is 0.920 bits per heavy atom. The van der Waals surface area contributed by atoms with Crippen molar-refractivity contribution >= 4 is 35.9 Å². The molecule has 0 atom stereocenters. The highest BCUT2D eigenvalue weighted by molar-refractivity contribution is 14.0. The summed E-state index contributed by atoms with van der Waals surface area (Å²) in [6.07, 6.45) is 0. The molecule has 0 aliphatic carbocycles. The molecular weight excluding hydrogens is 427 g/mol. The average molecular weight is 460 g/mol. The second-order valence-corrected chi connectivity index (χ2v) is 5.27. The maximum absolute atomic E-state index is 4.57. The van der Waals surface area contributed by atoms with Crippen LogP contribution in [0.3, 0.4) is 0 Å². The molecule has 0 heterocycles. The van der Waals surface area contributed by atoms with Crippen LogP contribution >= 0.6 is 24.0 Å². The molecule has 0 spiro atoms. The van der Waals surface area contributed by atoms with Gasteiger partial charge in [0.1, 0.15) is 0 Å². The predicted octanol–water partition coefficient (Wildman–Crippen LogP) is 2.45. The van der Waals surface area contributed by atoms with E-state index in [4.69, 9.17) is 0 Å². The van der Waals surface area contributed by atoms with Crippen LogP contribution in [0.5, 0.6) is 0 Å². The lowest BCUT2D eigenvalue weighted by Crippen LogP contribution is -2.37. The Labute approximate surface area is 169 Å². The van der Waals surface area contributed by atoms with Crippen LogP contribution in [0.15, 0.2) is 34.3 Å². The second-order valence-electron chi connectivity index (χ2n) is 5.27. The van der Waals surface area contributed by atoms with Crippen LogP contribution in [0.2, 0.25) is 0 Å². The van der Waals surface area contributed by atoms with Crippen molar-refractivity contribution in [1.82, 2.24) is 21.3 Å². The molecule has 142 valence electrons. The molecule has 0 unspecified atom stereocenters. The third-order valence-electron chi connectivity index (χ3n) is 3.24. The van der Waals surface area contributed by atoms with Crippen LogP contribution in [-0.2, 0) is 13.1 Å². The Kier molecular flexibility index (Phi) is 13.9. The van der Waals surface area contributed by atoms with Crippen LogP contribution < -0.4 is 21.3 Å². The SMILES string of the molecule is CCNC(=NCc1ccc(CN=C(NCC)NCC)cc1)NCC.I. The predicted molar refractivity (Wildman–Crippen MR) is 119 cm³/mol. The van der Waals surface area contributed by atoms with Crippen molar-refractivity contribution in [2.24, 2.45) is 9.98 Å². The molecule has 0 radical (unpaired) electrons. The number of rotatable bonds is 8. The number of benzene rings is 1. The highest BCUT2D eigenvalue weighted by Crippen LogP contribution is 2.07. The lowest BCUT2D eigenvalue weighted by atomic mass is 10.1. The van der Waals surface area contributed by atoms with Gasteiger partial charge in [0.15, 0.2) is 11.9 Å². The number of aliphatic imine (C=N–C) groups is 2. The molecule has 0 aromatic heterocycles. The topological polar surface area (TPSA) is 72.8 Å². The quantitative estimate of drug-likeness (QED) is 0.273. The standard InChI is InChI=1S/C18H32N6.HI/c1-5-19-17(20-6-2)23-13-15-9-11-16(12-10-15)14-24-18(21-7-3)22-8-4;/h9-12H,5-8,13-14H2,1-4H3,(H2,19,20,23)(H2,21,22,24);1H. The van der Waals surface area contributed by atoms with Crippen molar-refractivity contribution in [2.75, 3.05) is 26.2 Å². The average Bonchev–Trinajstić information content (AvgIpc) is 2.59. The minimum absolute atomic E-state index is 0. The highest BCUT2D eigenvalue weighted by Gasteiger charge is 1.98. The van der Waals surface area contributed by atoms with Crippen LogP contribution in [0.25, 0.3) is 0 Å². The third-order valence-corrected chi connectivity index (χ3v) is 3.24. The maximum Gasteiger partial charge on any atom is 0.191 e. The van der Waals surface area contributed by atoms with Gasteiger partial charge in [0, 0.05) is 26.2 Å². The molecule has 0 amide bonds. The molecule has 0 fully saturated rings. The van der Waals surface area contributed by atoms with Gasteiger partial charge >= 0.3 is 0 Å². The minimum Gasteiger partial charge on any atom is -0.357 e. The molecule has 25 heavy (non-hydrogen) atoms. The zero-order valence-electron chi connectivity index (χ0n) is 15.9. The highest BCUT2D eigenvalue weighted by atomic mass is 127. The van der Waals surface area contributed by atoms with Crippen molar-refractivity contribution in [2.45, 2.75) is 40.8 Å². The van der Waals surface area contributed by atoms with Gasteiger partial charge in [-0.15, -0.1) is 24.0 Å². The summed E-state index contributed by atoms with van der Waals surface area (Å²) >= 11 is 0. The van der Waals surface area contributed by atoms with E-state index in [0.717, 1.165) is 38.1 Å². The Balaban J connectivity index is 0.00000576. The zero-order valence-corrected chi connectivity index (χ0v) is 18.2. The molecule has 1 aromatic rings. The van der Waals surface area contributed by atoms with Crippen LogP contribution in [0, 0.1) is 0 Å². The molecule has 0 bridgehead atoms. The van der Waals surface area contributed by atoms with Gasteiger partial charge in [-0.2, -0.15) is 0 Å². The molecule has 4 N–H and O–H groups in total. The van der Waals surface area contributed by atoms with Gasteiger partial charge in [-0.25, -0.2) is 9.98 Å². The minimum atomic E-state index is 0. The van der Waals surface area contributed by atoms with E-state index in [9.17, 15) is 0 Å². The lowest BCUT2D eigenvalue weighted by Gasteiger charge is -2.10. The fourth-order valence-electron chi connectivity index (χ4n) is 2.11. The smallest absolute Gasteiger partial charge is 0.191 e. The molecule has 0 aliphatic heterocycles. The summed E-state index contributed by atoms with van der Waals surface area (Å²) in [7, 11) is 0. The van der Waals surface area contributed by atoms with E-state index in [1.54, 1.807) is 0 Å². The summed E-state index contributed by atoms with van der Waals surface area (Å²) in [4.78, 5) is 9.15. The number of nitrogens with zero attached hydrogens (tertiary/aromatic N) is 2. The Morgan fingerprint density at radius 1 is 0.640 bits per heavy atom. The van der Waals surface area contributed by atoms with E-state index in [1.165, 1.54) is 11.1 Å². The summed E-state index contributed by atoms with van der Waals surface area (Å²) in [5, 5.41) is 12.9. The van der Waals surface area contributed by atoms with Gasteiger partial charge in [-0.1, -0.05) is 24.3 Å². The zero-order chi connectivity index (χ0) is 17.6. The second kappa shape index (κ2) is 14.8. The summed E-state index contributed by atoms with van der Waals surface area (Å²) in [6, 6.07) is 8.46. The van der Waals surface area contributed by atoms with E-state index in [2.05, 4.69) is 83.2 Å². The van der Waals surface area contributed by atoms with E-state index in [-0.39, 0.29) is 24.0 Å². The number of hydrogen-bond donors (Lipinski definition) is 4. The number of hydrogen-bond acceptors (Lipinski definition) is 2. The Morgan fingerprint density at radius 3 is 1.16 bits per heavy atom. The first-order chi connectivity index (χ1) is 11.7. The van der Waals surface area contributed by atoms with Crippen molar-refractivity contribution in [3.05, 3.63) is 35.4 Å². The summed E-state index contributed by atoms with van der Waals surface area (Å²) < 4.78 is 0. The number of halogens is 1. The first-order valence-corrected chi connectivity index (χ1v) is 8.85. The van der Waals surface area contributed by atoms with E-state index >= 15 is 0 Å². The monoisotopic (exact) mass is 460 g/mol.